The lowest BCUT2D eigenvalue weighted by Crippen LogP contribution is -2.48. The predicted octanol–water partition coefficient (Wildman–Crippen LogP) is 1.38. The standard InChI is InChI=1S/C13H20N2O3S/c1-3-11-9-18-8-7-15(11)19(16,17)13-6-4-5-12(14)10(13)2/h4-6,11H,3,7-9,14H2,1-2H3. The molecular formula is C13H20N2O3S. The molecule has 6 heteroatoms. The second kappa shape index (κ2) is 5.48. The molecule has 5 nitrogen and oxygen atoms in total. The van der Waals surface area contributed by atoms with Crippen molar-refractivity contribution in [3.63, 3.8) is 0 Å². The normalized spacial score (nSPS) is 21.5. The molecule has 19 heavy (non-hydrogen) atoms. The molecule has 2 N–H and O–H groups in total. The quantitative estimate of drug-likeness (QED) is 0.851. The van der Waals surface area contributed by atoms with Crippen LogP contribution in [0.2, 0.25) is 0 Å². The van der Waals surface area contributed by atoms with Crippen molar-refractivity contribution in [2.45, 2.75) is 31.2 Å². The maximum Gasteiger partial charge on any atom is 0.243 e. The van der Waals surface area contributed by atoms with Gasteiger partial charge in [-0.1, -0.05) is 13.0 Å². The number of anilines is 1. The Morgan fingerprint density at radius 3 is 2.89 bits per heavy atom. The maximum atomic E-state index is 12.7. The number of hydrogen-bond donors (Lipinski definition) is 1. The van der Waals surface area contributed by atoms with Crippen LogP contribution in [0, 0.1) is 6.92 Å². The van der Waals surface area contributed by atoms with Gasteiger partial charge in [0.1, 0.15) is 0 Å². The Balaban J connectivity index is 2.44. The fraction of sp³-hybridized carbons (Fsp3) is 0.538. The first-order chi connectivity index (χ1) is 8.98. The Hall–Kier alpha value is -1.11. The van der Waals surface area contributed by atoms with E-state index in [0.717, 1.165) is 6.42 Å². The molecule has 1 aromatic rings. The van der Waals surface area contributed by atoms with Gasteiger partial charge in [-0.15, -0.1) is 0 Å². The van der Waals surface area contributed by atoms with Gasteiger partial charge in [0, 0.05) is 18.3 Å². The molecule has 1 aliphatic heterocycles. The summed E-state index contributed by atoms with van der Waals surface area (Å²) in [4.78, 5) is 0.299. The zero-order valence-corrected chi connectivity index (χ0v) is 12.1. The molecular weight excluding hydrogens is 264 g/mol. The number of ether oxygens (including phenoxy) is 1. The van der Waals surface area contributed by atoms with E-state index in [9.17, 15) is 8.42 Å². The van der Waals surface area contributed by atoms with Gasteiger partial charge in [0.2, 0.25) is 10.0 Å². The van der Waals surface area contributed by atoms with Crippen LogP contribution in [0.1, 0.15) is 18.9 Å². The highest BCUT2D eigenvalue weighted by molar-refractivity contribution is 7.89. The molecule has 1 aliphatic rings. The number of morpholine rings is 1. The van der Waals surface area contributed by atoms with Crippen LogP contribution in [0.5, 0.6) is 0 Å². The molecule has 1 heterocycles. The summed E-state index contributed by atoms with van der Waals surface area (Å²) < 4.78 is 32.4. The molecule has 1 aromatic carbocycles. The number of nitrogen functional groups attached to an aromatic ring is 1. The first-order valence-electron chi connectivity index (χ1n) is 6.43. The second-order valence-corrected chi connectivity index (χ2v) is 6.58. The van der Waals surface area contributed by atoms with Gasteiger partial charge in [-0.2, -0.15) is 4.31 Å². The fourth-order valence-corrected chi connectivity index (χ4v) is 4.24. The molecule has 1 atom stereocenters. The largest absolute Gasteiger partial charge is 0.398 e. The highest BCUT2D eigenvalue weighted by Crippen LogP contribution is 2.27. The van der Waals surface area contributed by atoms with E-state index in [-0.39, 0.29) is 6.04 Å². The van der Waals surface area contributed by atoms with Gasteiger partial charge in [0.25, 0.3) is 0 Å². The Bertz CT molecular complexity index is 557. The highest BCUT2D eigenvalue weighted by atomic mass is 32.2. The average molecular weight is 284 g/mol. The lowest BCUT2D eigenvalue weighted by molar-refractivity contribution is 0.0314. The topological polar surface area (TPSA) is 72.6 Å². The van der Waals surface area contributed by atoms with Crippen LogP contribution < -0.4 is 5.73 Å². The van der Waals surface area contributed by atoms with E-state index in [1.807, 2.05) is 6.92 Å². The van der Waals surface area contributed by atoms with Crippen molar-refractivity contribution in [2.24, 2.45) is 0 Å². The summed E-state index contributed by atoms with van der Waals surface area (Å²) in [6, 6.07) is 4.91. The van der Waals surface area contributed by atoms with Crippen LogP contribution in [0.25, 0.3) is 0 Å². The predicted molar refractivity (Wildman–Crippen MR) is 74.4 cm³/mol. The van der Waals surface area contributed by atoms with Gasteiger partial charge in [0.05, 0.1) is 18.1 Å². The molecule has 0 radical (unpaired) electrons. The third kappa shape index (κ3) is 2.61. The summed E-state index contributed by atoms with van der Waals surface area (Å²) in [6.45, 7) is 5.00. The number of hydrogen-bond acceptors (Lipinski definition) is 4. The summed E-state index contributed by atoms with van der Waals surface area (Å²) in [5.41, 5.74) is 6.92. The van der Waals surface area contributed by atoms with Gasteiger partial charge >= 0.3 is 0 Å². The van der Waals surface area contributed by atoms with Gasteiger partial charge in [0.15, 0.2) is 0 Å². The van der Waals surface area contributed by atoms with E-state index in [2.05, 4.69) is 0 Å². The average Bonchev–Trinajstić information content (AvgIpc) is 2.41. The van der Waals surface area contributed by atoms with Crippen molar-refractivity contribution in [3.05, 3.63) is 23.8 Å². The van der Waals surface area contributed by atoms with E-state index in [0.29, 0.717) is 35.9 Å². The molecule has 1 unspecified atom stereocenters. The third-order valence-electron chi connectivity index (χ3n) is 3.56. The van der Waals surface area contributed by atoms with Crippen LogP contribution in [0.3, 0.4) is 0 Å². The molecule has 0 amide bonds. The summed E-state index contributed by atoms with van der Waals surface area (Å²) in [6.07, 6.45) is 0.737. The molecule has 0 spiro atoms. The molecule has 0 bridgehead atoms. The third-order valence-corrected chi connectivity index (χ3v) is 5.65. The van der Waals surface area contributed by atoms with E-state index in [4.69, 9.17) is 10.5 Å². The van der Waals surface area contributed by atoms with Crippen molar-refractivity contribution < 1.29 is 13.2 Å². The van der Waals surface area contributed by atoms with Crippen molar-refractivity contribution in [3.8, 4) is 0 Å². The van der Waals surface area contributed by atoms with E-state index in [1.165, 1.54) is 4.31 Å². The number of sulfonamides is 1. The summed E-state index contributed by atoms with van der Waals surface area (Å²) in [5, 5.41) is 0. The van der Waals surface area contributed by atoms with Gasteiger partial charge < -0.3 is 10.5 Å². The minimum atomic E-state index is -3.50. The first-order valence-corrected chi connectivity index (χ1v) is 7.87. The SMILES string of the molecule is CCC1COCCN1S(=O)(=O)c1cccc(N)c1C. The van der Waals surface area contributed by atoms with Crippen molar-refractivity contribution in [1.82, 2.24) is 4.31 Å². The van der Waals surface area contributed by atoms with Crippen LogP contribution in [-0.4, -0.2) is 38.5 Å². The second-order valence-electron chi connectivity index (χ2n) is 4.72. The fourth-order valence-electron chi connectivity index (χ4n) is 2.31. The van der Waals surface area contributed by atoms with Crippen molar-refractivity contribution >= 4 is 15.7 Å². The van der Waals surface area contributed by atoms with Crippen molar-refractivity contribution in [2.75, 3.05) is 25.5 Å². The Morgan fingerprint density at radius 1 is 1.47 bits per heavy atom. The Kier molecular flexibility index (Phi) is 4.13. The molecule has 0 saturated carbocycles. The van der Waals surface area contributed by atoms with Crippen LogP contribution in [-0.2, 0) is 14.8 Å². The maximum absolute atomic E-state index is 12.7. The molecule has 1 fully saturated rings. The zero-order chi connectivity index (χ0) is 14.0. The minimum absolute atomic E-state index is 0.0976. The monoisotopic (exact) mass is 284 g/mol. The summed E-state index contributed by atoms with van der Waals surface area (Å²) in [5.74, 6) is 0. The highest BCUT2D eigenvalue weighted by Gasteiger charge is 2.34. The Labute approximate surface area is 114 Å². The molecule has 106 valence electrons. The smallest absolute Gasteiger partial charge is 0.243 e. The number of benzene rings is 1. The van der Waals surface area contributed by atoms with Gasteiger partial charge in [-0.25, -0.2) is 8.42 Å². The van der Waals surface area contributed by atoms with Gasteiger partial charge in [-0.3, -0.25) is 0 Å². The summed E-state index contributed by atoms with van der Waals surface area (Å²) in [7, 11) is -3.50. The number of nitrogens with two attached hydrogens (primary N) is 1. The first kappa shape index (κ1) is 14.3. The lowest BCUT2D eigenvalue weighted by atomic mass is 10.2. The lowest BCUT2D eigenvalue weighted by Gasteiger charge is -2.34. The number of nitrogens with zero attached hydrogens (tertiary/aromatic N) is 1. The minimum Gasteiger partial charge on any atom is -0.398 e. The van der Waals surface area contributed by atoms with Crippen molar-refractivity contribution in [1.29, 1.82) is 0 Å². The molecule has 0 aromatic heterocycles. The van der Waals surface area contributed by atoms with E-state index >= 15 is 0 Å². The zero-order valence-electron chi connectivity index (χ0n) is 11.3. The molecule has 1 saturated heterocycles. The van der Waals surface area contributed by atoms with E-state index < -0.39 is 10.0 Å². The molecule has 2 rings (SSSR count). The Morgan fingerprint density at radius 2 is 2.21 bits per heavy atom. The van der Waals surface area contributed by atoms with Gasteiger partial charge in [-0.05, 0) is 31.0 Å². The van der Waals surface area contributed by atoms with Crippen LogP contribution in [0.4, 0.5) is 5.69 Å². The van der Waals surface area contributed by atoms with E-state index in [1.54, 1.807) is 25.1 Å². The number of rotatable bonds is 3. The summed E-state index contributed by atoms with van der Waals surface area (Å²) >= 11 is 0. The van der Waals surface area contributed by atoms with Crippen LogP contribution in [0.15, 0.2) is 23.1 Å². The molecule has 0 aliphatic carbocycles. The van der Waals surface area contributed by atoms with Crippen LogP contribution >= 0.6 is 0 Å².